The van der Waals surface area contributed by atoms with Gasteiger partial charge < -0.3 is 4.42 Å². The maximum atomic E-state index is 6.42. The van der Waals surface area contributed by atoms with Crippen molar-refractivity contribution in [2.24, 2.45) is 0 Å². The van der Waals surface area contributed by atoms with Crippen molar-refractivity contribution in [3.63, 3.8) is 0 Å². The molecule has 49 heavy (non-hydrogen) atoms. The third-order valence-electron chi connectivity index (χ3n) is 10.0. The SMILES string of the molecule is c1ccc(-c2ccc3cc(-c4c5ccccc5c(-c5ccc6oc7cc(-c8ccccc8)ccc7c6c5)c5ccccc45)ccc3c2)cc1. The molecule has 0 saturated heterocycles. The monoisotopic (exact) mass is 622 g/mol. The highest BCUT2D eigenvalue weighted by atomic mass is 16.3. The van der Waals surface area contributed by atoms with Crippen molar-refractivity contribution in [3.8, 4) is 44.5 Å². The third kappa shape index (κ3) is 4.55. The molecule has 0 aliphatic rings. The summed E-state index contributed by atoms with van der Waals surface area (Å²) in [6.07, 6.45) is 0. The average molecular weight is 623 g/mol. The Balaban J connectivity index is 1.15. The predicted molar refractivity (Wildman–Crippen MR) is 208 cm³/mol. The van der Waals surface area contributed by atoms with E-state index in [0.717, 1.165) is 27.5 Å². The summed E-state index contributed by atoms with van der Waals surface area (Å²) in [6, 6.07) is 65.8. The fourth-order valence-electron chi connectivity index (χ4n) is 7.70. The van der Waals surface area contributed by atoms with Crippen molar-refractivity contribution in [3.05, 3.63) is 182 Å². The first-order valence-corrected chi connectivity index (χ1v) is 16.8. The molecule has 0 fully saturated rings. The minimum atomic E-state index is 0.903. The Morgan fingerprint density at radius 3 is 1.29 bits per heavy atom. The molecule has 10 aromatic rings. The Labute approximate surface area is 284 Å². The molecule has 228 valence electrons. The molecule has 0 atom stereocenters. The lowest BCUT2D eigenvalue weighted by Crippen LogP contribution is -1.91. The zero-order valence-corrected chi connectivity index (χ0v) is 26.7. The van der Waals surface area contributed by atoms with E-state index in [9.17, 15) is 0 Å². The Bertz CT molecular complexity index is 2800. The van der Waals surface area contributed by atoms with Crippen LogP contribution in [0, 0.1) is 0 Å². The number of hydrogen-bond acceptors (Lipinski definition) is 1. The fourth-order valence-corrected chi connectivity index (χ4v) is 7.70. The van der Waals surface area contributed by atoms with Gasteiger partial charge in [-0.05, 0) is 113 Å². The van der Waals surface area contributed by atoms with Crippen LogP contribution >= 0.6 is 0 Å². The van der Waals surface area contributed by atoms with Gasteiger partial charge in [0.15, 0.2) is 0 Å². The minimum absolute atomic E-state index is 0.903. The molecular formula is C48H30O. The second-order valence-electron chi connectivity index (χ2n) is 12.9. The molecule has 1 heteroatoms. The van der Waals surface area contributed by atoms with Crippen molar-refractivity contribution in [1.82, 2.24) is 0 Å². The summed E-state index contributed by atoms with van der Waals surface area (Å²) in [5.41, 5.74) is 11.6. The molecule has 0 saturated carbocycles. The normalized spacial score (nSPS) is 11.7. The largest absolute Gasteiger partial charge is 0.456 e. The highest BCUT2D eigenvalue weighted by molar-refractivity contribution is 6.22. The highest BCUT2D eigenvalue weighted by Gasteiger charge is 2.18. The summed E-state index contributed by atoms with van der Waals surface area (Å²) < 4.78 is 6.42. The Kier molecular flexibility index (Phi) is 6.25. The molecule has 10 rings (SSSR count). The molecule has 0 bridgehead atoms. The van der Waals surface area contributed by atoms with Crippen molar-refractivity contribution < 1.29 is 4.42 Å². The summed E-state index contributed by atoms with van der Waals surface area (Å²) in [4.78, 5) is 0. The molecule has 0 spiro atoms. The minimum Gasteiger partial charge on any atom is -0.456 e. The first-order chi connectivity index (χ1) is 24.3. The fraction of sp³-hybridized carbons (Fsp3) is 0. The molecular weight excluding hydrogens is 593 g/mol. The van der Waals surface area contributed by atoms with Crippen molar-refractivity contribution in [1.29, 1.82) is 0 Å². The number of furan rings is 1. The van der Waals surface area contributed by atoms with Crippen LogP contribution in [0.4, 0.5) is 0 Å². The summed E-state index contributed by atoms with van der Waals surface area (Å²) in [5, 5.41) is 9.74. The van der Waals surface area contributed by atoms with E-state index in [1.54, 1.807) is 0 Å². The van der Waals surface area contributed by atoms with Crippen LogP contribution in [-0.4, -0.2) is 0 Å². The molecule has 1 aromatic heterocycles. The van der Waals surface area contributed by atoms with Gasteiger partial charge in [0.25, 0.3) is 0 Å². The van der Waals surface area contributed by atoms with E-state index < -0.39 is 0 Å². The lowest BCUT2D eigenvalue weighted by Gasteiger charge is -2.18. The summed E-state index contributed by atoms with van der Waals surface area (Å²) in [7, 11) is 0. The van der Waals surface area contributed by atoms with Gasteiger partial charge in [0, 0.05) is 10.8 Å². The molecule has 9 aromatic carbocycles. The van der Waals surface area contributed by atoms with Gasteiger partial charge in [0.2, 0.25) is 0 Å². The molecule has 0 aliphatic heterocycles. The molecule has 0 aliphatic carbocycles. The van der Waals surface area contributed by atoms with Gasteiger partial charge in [-0.1, -0.05) is 146 Å². The van der Waals surface area contributed by atoms with Crippen LogP contribution in [0.3, 0.4) is 0 Å². The average Bonchev–Trinajstić information content (AvgIpc) is 3.54. The zero-order valence-electron chi connectivity index (χ0n) is 26.7. The van der Waals surface area contributed by atoms with E-state index in [0.29, 0.717) is 0 Å². The zero-order chi connectivity index (χ0) is 32.3. The van der Waals surface area contributed by atoms with E-state index in [-0.39, 0.29) is 0 Å². The van der Waals surface area contributed by atoms with Crippen LogP contribution in [0.15, 0.2) is 186 Å². The number of hydrogen-bond donors (Lipinski definition) is 0. The summed E-state index contributed by atoms with van der Waals surface area (Å²) in [6.45, 7) is 0. The van der Waals surface area contributed by atoms with E-state index in [4.69, 9.17) is 4.42 Å². The number of rotatable bonds is 4. The van der Waals surface area contributed by atoms with Gasteiger partial charge in [0.1, 0.15) is 11.2 Å². The number of fused-ring (bicyclic) bond motifs is 6. The second-order valence-corrected chi connectivity index (χ2v) is 12.9. The lowest BCUT2D eigenvalue weighted by atomic mass is 9.85. The Morgan fingerprint density at radius 1 is 0.245 bits per heavy atom. The summed E-state index contributed by atoms with van der Waals surface area (Å²) in [5.74, 6) is 0. The van der Waals surface area contributed by atoms with Crippen LogP contribution in [0.25, 0.3) is 98.8 Å². The van der Waals surface area contributed by atoms with Gasteiger partial charge in [-0.3, -0.25) is 0 Å². The van der Waals surface area contributed by atoms with E-state index in [1.165, 1.54) is 71.3 Å². The van der Waals surface area contributed by atoms with Gasteiger partial charge in [-0.25, -0.2) is 0 Å². The van der Waals surface area contributed by atoms with Gasteiger partial charge >= 0.3 is 0 Å². The van der Waals surface area contributed by atoms with Crippen LogP contribution in [-0.2, 0) is 0 Å². The van der Waals surface area contributed by atoms with Crippen LogP contribution in [0.1, 0.15) is 0 Å². The number of benzene rings is 9. The first kappa shape index (κ1) is 27.7. The van der Waals surface area contributed by atoms with Crippen LogP contribution in [0.5, 0.6) is 0 Å². The molecule has 1 heterocycles. The Hall–Kier alpha value is -6.44. The van der Waals surface area contributed by atoms with Gasteiger partial charge in [0.05, 0.1) is 0 Å². The van der Waals surface area contributed by atoms with Crippen molar-refractivity contribution in [2.75, 3.05) is 0 Å². The predicted octanol–water partition coefficient (Wildman–Crippen LogP) is 13.7. The van der Waals surface area contributed by atoms with Gasteiger partial charge in [-0.15, -0.1) is 0 Å². The lowest BCUT2D eigenvalue weighted by molar-refractivity contribution is 0.669. The smallest absolute Gasteiger partial charge is 0.136 e. The van der Waals surface area contributed by atoms with Crippen LogP contribution in [0.2, 0.25) is 0 Å². The topological polar surface area (TPSA) is 13.1 Å². The summed E-state index contributed by atoms with van der Waals surface area (Å²) >= 11 is 0. The van der Waals surface area contributed by atoms with Gasteiger partial charge in [-0.2, -0.15) is 0 Å². The van der Waals surface area contributed by atoms with Crippen molar-refractivity contribution >= 4 is 54.3 Å². The highest BCUT2D eigenvalue weighted by Crippen LogP contribution is 2.45. The molecule has 1 nitrogen and oxygen atoms in total. The molecule has 0 N–H and O–H groups in total. The van der Waals surface area contributed by atoms with Crippen molar-refractivity contribution in [2.45, 2.75) is 0 Å². The van der Waals surface area contributed by atoms with E-state index >= 15 is 0 Å². The van der Waals surface area contributed by atoms with E-state index in [2.05, 4.69) is 176 Å². The van der Waals surface area contributed by atoms with Crippen LogP contribution < -0.4 is 0 Å². The van der Waals surface area contributed by atoms with E-state index in [1.807, 2.05) is 6.07 Å². The quantitative estimate of drug-likeness (QED) is 0.178. The standard InChI is InChI=1S/C48H30O/c1-3-11-31(12-4-1)33-19-20-35-28-37(22-21-34(35)27-33)47-40-15-7-9-17-42(40)48(43-18-10-8-16-41(43)47)38-24-26-45-44(29-38)39-25-23-36(30-46(39)49-45)32-13-5-2-6-14-32/h1-30H. The Morgan fingerprint density at radius 2 is 0.694 bits per heavy atom. The second kappa shape index (κ2) is 11.1. The first-order valence-electron chi connectivity index (χ1n) is 16.8. The molecule has 0 amide bonds. The maximum absolute atomic E-state index is 6.42. The molecule has 0 unspecified atom stereocenters. The molecule has 0 radical (unpaired) electrons. The maximum Gasteiger partial charge on any atom is 0.136 e. The third-order valence-corrected chi connectivity index (χ3v) is 10.0.